The molecule has 2 aromatic rings. The first-order chi connectivity index (χ1) is 16.3. The second kappa shape index (κ2) is 10.1. The SMILES string of the molecule is Cc1c(C=C2SC(=S)N(CCc3ccccc3)C2=O)c(N2CCN(C)CC2)n(C)c(=O)c1C#N. The molecule has 1 aromatic carbocycles. The minimum absolute atomic E-state index is 0.103. The predicted octanol–water partition coefficient (Wildman–Crippen LogP) is 2.76. The number of pyridine rings is 1. The lowest BCUT2D eigenvalue weighted by atomic mass is 10.0. The zero-order valence-electron chi connectivity index (χ0n) is 19.6. The van der Waals surface area contributed by atoms with Crippen molar-refractivity contribution >= 4 is 46.1 Å². The number of hydrogen-bond donors (Lipinski definition) is 0. The van der Waals surface area contributed by atoms with E-state index in [1.165, 1.54) is 11.8 Å². The average molecular weight is 494 g/mol. The number of nitrogens with zero attached hydrogens (tertiary/aromatic N) is 5. The predicted molar refractivity (Wildman–Crippen MR) is 141 cm³/mol. The second-order valence-corrected chi connectivity index (χ2v) is 10.2. The van der Waals surface area contributed by atoms with E-state index in [0.29, 0.717) is 27.8 Å². The summed E-state index contributed by atoms with van der Waals surface area (Å²) in [4.78, 5) is 32.7. The fraction of sp³-hybridized carbons (Fsp3) is 0.360. The molecule has 176 valence electrons. The molecule has 0 spiro atoms. The van der Waals surface area contributed by atoms with Crippen molar-refractivity contribution in [1.82, 2.24) is 14.4 Å². The molecule has 7 nitrogen and oxygen atoms in total. The van der Waals surface area contributed by atoms with Crippen molar-refractivity contribution < 1.29 is 4.79 Å². The van der Waals surface area contributed by atoms with Crippen molar-refractivity contribution in [3.05, 3.63) is 67.8 Å². The number of nitriles is 1. The van der Waals surface area contributed by atoms with Gasteiger partial charge in [-0.1, -0.05) is 54.3 Å². The Morgan fingerprint density at radius 3 is 2.44 bits per heavy atom. The normalized spacial score (nSPS) is 18.1. The van der Waals surface area contributed by atoms with Gasteiger partial charge in [-0.15, -0.1) is 0 Å². The van der Waals surface area contributed by atoms with Gasteiger partial charge in [0.2, 0.25) is 0 Å². The number of carbonyl (C=O) groups is 1. The molecule has 0 aliphatic carbocycles. The van der Waals surface area contributed by atoms with Gasteiger partial charge >= 0.3 is 0 Å². The molecule has 4 rings (SSSR count). The van der Waals surface area contributed by atoms with Crippen molar-refractivity contribution in [2.75, 3.05) is 44.7 Å². The lowest BCUT2D eigenvalue weighted by Gasteiger charge is -2.36. The van der Waals surface area contributed by atoms with E-state index in [2.05, 4.69) is 22.9 Å². The third-order valence-corrected chi connectivity index (χ3v) is 7.76. The van der Waals surface area contributed by atoms with E-state index in [9.17, 15) is 14.9 Å². The van der Waals surface area contributed by atoms with Crippen LogP contribution in [0, 0.1) is 18.3 Å². The number of aromatic nitrogens is 1. The number of carbonyl (C=O) groups excluding carboxylic acids is 1. The first kappa shape index (κ1) is 24.2. The largest absolute Gasteiger partial charge is 0.355 e. The second-order valence-electron chi connectivity index (χ2n) is 8.57. The first-order valence-electron chi connectivity index (χ1n) is 11.2. The van der Waals surface area contributed by atoms with Crippen LogP contribution in [-0.2, 0) is 18.3 Å². The third kappa shape index (κ3) is 4.67. The van der Waals surface area contributed by atoms with Gasteiger partial charge < -0.3 is 9.80 Å². The van der Waals surface area contributed by atoms with E-state index in [1.54, 1.807) is 23.4 Å². The monoisotopic (exact) mass is 493 g/mol. The zero-order chi connectivity index (χ0) is 24.4. The third-order valence-electron chi connectivity index (χ3n) is 6.39. The summed E-state index contributed by atoms with van der Waals surface area (Å²) in [5.74, 6) is 0.603. The number of piperazine rings is 1. The van der Waals surface area contributed by atoms with Gasteiger partial charge in [0.25, 0.3) is 11.5 Å². The Hall–Kier alpha value is -2.93. The van der Waals surface area contributed by atoms with Crippen molar-refractivity contribution in [2.45, 2.75) is 13.3 Å². The highest BCUT2D eigenvalue weighted by Gasteiger charge is 2.33. The smallest absolute Gasteiger partial charge is 0.270 e. The maximum Gasteiger partial charge on any atom is 0.270 e. The van der Waals surface area contributed by atoms with Gasteiger partial charge in [0.15, 0.2) is 0 Å². The van der Waals surface area contributed by atoms with Crippen LogP contribution in [0.1, 0.15) is 22.3 Å². The number of thiocarbonyl (C=S) groups is 1. The average Bonchev–Trinajstić information content (AvgIpc) is 3.10. The Morgan fingerprint density at radius 1 is 1.12 bits per heavy atom. The molecule has 2 aliphatic rings. The lowest BCUT2D eigenvalue weighted by molar-refractivity contribution is -0.122. The summed E-state index contributed by atoms with van der Waals surface area (Å²) in [6.07, 6.45) is 2.52. The van der Waals surface area contributed by atoms with Gasteiger partial charge in [-0.2, -0.15) is 5.26 Å². The molecule has 9 heteroatoms. The fourth-order valence-corrected chi connectivity index (χ4v) is 5.61. The summed E-state index contributed by atoms with van der Waals surface area (Å²) in [6.45, 7) is 5.54. The molecule has 2 saturated heterocycles. The topological polar surface area (TPSA) is 72.6 Å². The highest BCUT2D eigenvalue weighted by atomic mass is 32.2. The summed E-state index contributed by atoms with van der Waals surface area (Å²) < 4.78 is 2.06. The van der Waals surface area contributed by atoms with Crippen molar-refractivity contribution in [3.63, 3.8) is 0 Å². The maximum atomic E-state index is 13.3. The van der Waals surface area contributed by atoms with Gasteiger partial charge in [0.05, 0.1) is 4.91 Å². The van der Waals surface area contributed by atoms with Crippen LogP contribution in [0.25, 0.3) is 6.08 Å². The molecule has 34 heavy (non-hydrogen) atoms. The van der Waals surface area contributed by atoms with Gasteiger partial charge in [-0.3, -0.25) is 19.1 Å². The Balaban J connectivity index is 1.71. The molecule has 0 N–H and O–H groups in total. The number of thioether (sulfide) groups is 1. The van der Waals surface area contributed by atoms with Gasteiger partial charge in [0, 0.05) is 45.3 Å². The van der Waals surface area contributed by atoms with Gasteiger partial charge in [-0.25, -0.2) is 0 Å². The summed E-state index contributed by atoms with van der Waals surface area (Å²) in [5, 5.41) is 9.65. The van der Waals surface area contributed by atoms with Crippen molar-refractivity contribution in [1.29, 1.82) is 5.26 Å². The molecule has 3 heterocycles. The van der Waals surface area contributed by atoms with Crippen LogP contribution in [0.4, 0.5) is 5.82 Å². The van der Waals surface area contributed by atoms with Crippen LogP contribution in [0.2, 0.25) is 0 Å². The lowest BCUT2D eigenvalue weighted by Crippen LogP contribution is -2.46. The number of rotatable bonds is 5. The van der Waals surface area contributed by atoms with Crippen LogP contribution < -0.4 is 10.5 Å². The summed E-state index contributed by atoms with van der Waals surface area (Å²) >= 11 is 6.80. The molecule has 0 unspecified atom stereocenters. The minimum atomic E-state index is -0.318. The molecular formula is C25H27N5O2S2. The van der Waals surface area contributed by atoms with E-state index in [4.69, 9.17) is 12.2 Å². The Morgan fingerprint density at radius 2 is 1.79 bits per heavy atom. The molecule has 0 bridgehead atoms. The maximum absolute atomic E-state index is 13.3. The van der Waals surface area contributed by atoms with E-state index in [-0.39, 0.29) is 17.0 Å². The van der Waals surface area contributed by atoms with Crippen LogP contribution in [0.5, 0.6) is 0 Å². The van der Waals surface area contributed by atoms with Crippen molar-refractivity contribution in [2.24, 2.45) is 7.05 Å². The zero-order valence-corrected chi connectivity index (χ0v) is 21.2. The summed E-state index contributed by atoms with van der Waals surface area (Å²) in [7, 11) is 3.76. The molecule has 0 atom stereocenters. The van der Waals surface area contributed by atoms with E-state index >= 15 is 0 Å². The molecule has 0 saturated carbocycles. The number of anilines is 1. The fourth-order valence-electron chi connectivity index (χ4n) is 4.32. The molecule has 2 fully saturated rings. The number of amides is 1. The quantitative estimate of drug-likeness (QED) is 0.468. The highest BCUT2D eigenvalue weighted by Crippen LogP contribution is 2.36. The number of hydrogen-bond acceptors (Lipinski definition) is 7. The van der Waals surface area contributed by atoms with Crippen molar-refractivity contribution in [3.8, 4) is 6.07 Å². The van der Waals surface area contributed by atoms with Gasteiger partial charge in [-0.05, 0) is 37.6 Å². The Kier molecular flexibility index (Phi) is 7.22. The standard InChI is InChI=1S/C25H27N5O2S2/c1-17-19(22(28(3)23(31)20(17)16-26)29-13-11-27(2)12-14-29)15-21-24(32)30(25(33)34-21)10-9-18-7-5-4-6-8-18/h4-8,15H,9-14H2,1-3H3. The molecule has 0 radical (unpaired) electrons. The highest BCUT2D eigenvalue weighted by molar-refractivity contribution is 8.26. The number of likely N-dealkylation sites (N-methyl/N-ethyl adjacent to an activating group) is 1. The summed E-state index contributed by atoms with van der Waals surface area (Å²) in [6, 6.07) is 12.1. The van der Waals surface area contributed by atoms with E-state index in [0.717, 1.165) is 43.1 Å². The molecular weight excluding hydrogens is 466 g/mol. The Bertz CT molecular complexity index is 1250. The number of benzene rings is 1. The van der Waals surface area contributed by atoms with Crippen LogP contribution in [-0.4, -0.2) is 64.4 Å². The van der Waals surface area contributed by atoms with Crippen LogP contribution in [0.15, 0.2) is 40.0 Å². The summed E-state index contributed by atoms with van der Waals surface area (Å²) in [5.41, 5.74) is 2.25. The van der Waals surface area contributed by atoms with Crippen LogP contribution in [0.3, 0.4) is 0 Å². The van der Waals surface area contributed by atoms with E-state index < -0.39 is 0 Å². The van der Waals surface area contributed by atoms with E-state index in [1.807, 2.05) is 36.4 Å². The van der Waals surface area contributed by atoms with Crippen LogP contribution >= 0.6 is 24.0 Å². The molecule has 2 aliphatic heterocycles. The Labute approximate surface area is 209 Å². The molecule has 1 aromatic heterocycles. The first-order valence-corrected chi connectivity index (χ1v) is 12.4. The minimum Gasteiger partial charge on any atom is -0.355 e. The van der Waals surface area contributed by atoms with Gasteiger partial charge in [0.1, 0.15) is 21.8 Å². The molecule has 1 amide bonds.